The lowest BCUT2D eigenvalue weighted by atomic mass is 10.2. The number of allylic oxidation sites excluding steroid dienone is 3. The van der Waals surface area contributed by atoms with Gasteiger partial charge in [0.25, 0.3) is 0 Å². The van der Waals surface area contributed by atoms with Crippen LogP contribution in [0.4, 0.5) is 0 Å². The van der Waals surface area contributed by atoms with E-state index in [9.17, 15) is 4.79 Å². The zero-order chi connectivity index (χ0) is 7.40. The summed E-state index contributed by atoms with van der Waals surface area (Å²) in [5.74, 6) is -0.215. The van der Waals surface area contributed by atoms with Gasteiger partial charge < -0.3 is 4.74 Å². The van der Waals surface area contributed by atoms with E-state index in [4.69, 9.17) is 4.74 Å². The van der Waals surface area contributed by atoms with E-state index in [1.165, 1.54) is 6.92 Å². The maximum Gasteiger partial charge on any atom is 0.302 e. The maximum absolute atomic E-state index is 10.3. The molecule has 0 aromatic carbocycles. The minimum atomic E-state index is -0.215. The smallest absolute Gasteiger partial charge is 0.302 e. The summed E-state index contributed by atoms with van der Waals surface area (Å²) in [6.45, 7) is 1.87. The third-order valence-electron chi connectivity index (χ3n) is 1.31. The number of hydrogen-bond donors (Lipinski definition) is 0. The minimum Gasteiger partial charge on any atom is -0.461 e. The monoisotopic (exact) mass is 138 g/mol. The van der Waals surface area contributed by atoms with Crippen molar-refractivity contribution in [3.63, 3.8) is 0 Å². The highest BCUT2D eigenvalue weighted by Crippen LogP contribution is 2.09. The summed E-state index contributed by atoms with van der Waals surface area (Å²) in [7, 11) is 0. The number of esters is 1. The second kappa shape index (κ2) is 3.20. The molecule has 0 radical (unpaired) electrons. The van der Waals surface area contributed by atoms with Gasteiger partial charge in [0.1, 0.15) is 6.61 Å². The van der Waals surface area contributed by atoms with E-state index in [2.05, 4.69) is 0 Å². The molecule has 1 aliphatic rings. The topological polar surface area (TPSA) is 26.3 Å². The van der Waals surface area contributed by atoms with Crippen LogP contribution in [-0.4, -0.2) is 12.6 Å². The van der Waals surface area contributed by atoms with Crippen LogP contribution in [0.1, 0.15) is 13.3 Å². The van der Waals surface area contributed by atoms with Gasteiger partial charge in [0, 0.05) is 6.92 Å². The van der Waals surface area contributed by atoms with Crippen molar-refractivity contribution in [2.45, 2.75) is 13.3 Å². The summed E-state index contributed by atoms with van der Waals surface area (Å²) in [5.41, 5.74) is 1.16. The zero-order valence-electron chi connectivity index (χ0n) is 5.96. The molecule has 2 nitrogen and oxygen atoms in total. The Labute approximate surface area is 60.2 Å². The molecule has 0 atom stereocenters. The Bertz CT molecular complexity index is 189. The molecule has 0 saturated carbocycles. The van der Waals surface area contributed by atoms with Crippen molar-refractivity contribution < 1.29 is 9.53 Å². The van der Waals surface area contributed by atoms with E-state index in [1.54, 1.807) is 0 Å². The average Bonchev–Trinajstić information content (AvgIpc) is 2.34. The number of carbonyl (C=O) groups is 1. The molecule has 0 aromatic rings. The zero-order valence-corrected chi connectivity index (χ0v) is 5.96. The number of hydrogen-bond acceptors (Lipinski definition) is 2. The van der Waals surface area contributed by atoms with E-state index in [0.29, 0.717) is 6.61 Å². The molecule has 1 aliphatic carbocycles. The fourth-order valence-electron chi connectivity index (χ4n) is 0.793. The van der Waals surface area contributed by atoms with Gasteiger partial charge in [-0.25, -0.2) is 0 Å². The van der Waals surface area contributed by atoms with Crippen molar-refractivity contribution in [1.82, 2.24) is 0 Å². The number of rotatable bonds is 2. The Morgan fingerprint density at radius 1 is 1.80 bits per heavy atom. The van der Waals surface area contributed by atoms with Gasteiger partial charge in [-0.3, -0.25) is 4.79 Å². The first-order valence-corrected chi connectivity index (χ1v) is 3.27. The quantitative estimate of drug-likeness (QED) is 0.539. The van der Waals surface area contributed by atoms with Crippen molar-refractivity contribution in [2.75, 3.05) is 6.61 Å². The molecule has 0 aliphatic heterocycles. The van der Waals surface area contributed by atoms with Gasteiger partial charge >= 0.3 is 5.97 Å². The second-order valence-corrected chi connectivity index (χ2v) is 2.24. The summed E-state index contributed by atoms with van der Waals surface area (Å²) in [5, 5.41) is 0. The van der Waals surface area contributed by atoms with Gasteiger partial charge in [-0.1, -0.05) is 18.2 Å². The van der Waals surface area contributed by atoms with Gasteiger partial charge in [-0.15, -0.1) is 0 Å². The first kappa shape index (κ1) is 7.06. The van der Waals surface area contributed by atoms with Crippen molar-refractivity contribution in [3.8, 4) is 0 Å². The fraction of sp³-hybridized carbons (Fsp3) is 0.375. The van der Waals surface area contributed by atoms with Crippen molar-refractivity contribution >= 4 is 5.97 Å². The minimum absolute atomic E-state index is 0.215. The van der Waals surface area contributed by atoms with Gasteiger partial charge in [-0.05, 0) is 12.0 Å². The molecule has 0 saturated heterocycles. The lowest BCUT2D eigenvalue weighted by Gasteiger charge is -2.00. The van der Waals surface area contributed by atoms with E-state index in [1.807, 2.05) is 18.2 Å². The Balaban J connectivity index is 2.21. The lowest BCUT2D eigenvalue weighted by molar-refractivity contribution is -0.139. The van der Waals surface area contributed by atoms with E-state index >= 15 is 0 Å². The molecule has 0 aromatic heterocycles. The molecule has 1 rings (SSSR count). The molecular formula is C8H10O2. The third kappa shape index (κ3) is 2.05. The predicted molar refractivity (Wildman–Crippen MR) is 38.5 cm³/mol. The Hall–Kier alpha value is -1.05. The molecule has 0 unspecified atom stereocenters. The van der Waals surface area contributed by atoms with Crippen LogP contribution < -0.4 is 0 Å². The van der Waals surface area contributed by atoms with E-state index in [-0.39, 0.29) is 5.97 Å². The Morgan fingerprint density at radius 2 is 2.60 bits per heavy atom. The van der Waals surface area contributed by atoms with Crippen LogP contribution in [0.25, 0.3) is 0 Å². The fourth-order valence-corrected chi connectivity index (χ4v) is 0.793. The predicted octanol–water partition coefficient (Wildman–Crippen LogP) is 1.44. The summed E-state index contributed by atoms with van der Waals surface area (Å²) in [6, 6.07) is 0. The molecule has 0 bridgehead atoms. The van der Waals surface area contributed by atoms with E-state index < -0.39 is 0 Å². The standard InChI is InChI=1S/C8H10O2/c1-7(9)10-6-8-4-2-3-5-8/h2-4H,5-6H2,1H3. The van der Waals surface area contributed by atoms with Crippen molar-refractivity contribution in [2.24, 2.45) is 0 Å². The van der Waals surface area contributed by atoms with Gasteiger partial charge in [-0.2, -0.15) is 0 Å². The summed E-state index contributed by atoms with van der Waals surface area (Å²) >= 11 is 0. The van der Waals surface area contributed by atoms with Crippen LogP contribution in [0.5, 0.6) is 0 Å². The molecule has 0 fully saturated rings. The molecule has 0 spiro atoms. The van der Waals surface area contributed by atoms with Crippen molar-refractivity contribution in [3.05, 3.63) is 23.8 Å². The molecule has 10 heavy (non-hydrogen) atoms. The molecule has 0 heterocycles. The first-order valence-electron chi connectivity index (χ1n) is 3.27. The van der Waals surface area contributed by atoms with Gasteiger partial charge in [0.2, 0.25) is 0 Å². The third-order valence-corrected chi connectivity index (χ3v) is 1.31. The molecular weight excluding hydrogens is 128 g/mol. The SMILES string of the molecule is CC(=O)OCC1=CC=CC1. The maximum atomic E-state index is 10.3. The lowest BCUT2D eigenvalue weighted by Crippen LogP contribution is -2.01. The molecule has 2 heteroatoms. The summed E-state index contributed by atoms with van der Waals surface area (Å²) in [4.78, 5) is 10.3. The van der Waals surface area contributed by atoms with Crippen LogP contribution in [0, 0.1) is 0 Å². The highest BCUT2D eigenvalue weighted by molar-refractivity contribution is 5.66. The van der Waals surface area contributed by atoms with Crippen LogP contribution in [0.2, 0.25) is 0 Å². The van der Waals surface area contributed by atoms with Crippen LogP contribution in [0.3, 0.4) is 0 Å². The highest BCUT2D eigenvalue weighted by Gasteiger charge is 2.00. The number of ether oxygens (including phenoxy) is 1. The van der Waals surface area contributed by atoms with Crippen molar-refractivity contribution in [1.29, 1.82) is 0 Å². The Kier molecular flexibility index (Phi) is 2.26. The number of carbonyl (C=O) groups excluding carboxylic acids is 1. The van der Waals surface area contributed by atoms with Crippen LogP contribution >= 0.6 is 0 Å². The summed E-state index contributed by atoms with van der Waals surface area (Å²) < 4.78 is 4.78. The largest absolute Gasteiger partial charge is 0.461 e. The normalized spacial score (nSPS) is 15.1. The molecule has 0 amide bonds. The van der Waals surface area contributed by atoms with E-state index in [0.717, 1.165) is 12.0 Å². The van der Waals surface area contributed by atoms with Gasteiger partial charge in [0.05, 0.1) is 0 Å². The average molecular weight is 138 g/mol. The second-order valence-electron chi connectivity index (χ2n) is 2.24. The first-order chi connectivity index (χ1) is 4.79. The molecule has 0 N–H and O–H groups in total. The van der Waals surface area contributed by atoms with Crippen LogP contribution in [-0.2, 0) is 9.53 Å². The van der Waals surface area contributed by atoms with Crippen LogP contribution in [0.15, 0.2) is 23.8 Å². The summed E-state index contributed by atoms with van der Waals surface area (Å²) in [6.07, 6.45) is 6.91. The highest BCUT2D eigenvalue weighted by atomic mass is 16.5. The molecule has 54 valence electrons. The Morgan fingerprint density at radius 3 is 3.10 bits per heavy atom. The van der Waals surface area contributed by atoms with Gasteiger partial charge in [0.15, 0.2) is 0 Å².